The molecule has 0 bridgehead atoms. The van der Waals surface area contributed by atoms with Gasteiger partial charge in [0.05, 0.1) is 12.2 Å². The van der Waals surface area contributed by atoms with E-state index in [-0.39, 0.29) is 29.7 Å². The van der Waals surface area contributed by atoms with E-state index in [2.05, 4.69) is 0 Å². The van der Waals surface area contributed by atoms with E-state index in [0.717, 1.165) is 0 Å². The fraction of sp³-hybridized carbons (Fsp3) is 0.500. The number of nitrogen functional groups attached to an aromatic ring is 1. The van der Waals surface area contributed by atoms with Gasteiger partial charge in [0.25, 0.3) is 0 Å². The summed E-state index contributed by atoms with van der Waals surface area (Å²) in [4.78, 5) is -0.0699. The van der Waals surface area contributed by atoms with Crippen molar-refractivity contribution in [2.75, 3.05) is 18.9 Å². The summed E-state index contributed by atoms with van der Waals surface area (Å²) in [6.07, 6.45) is 1.26. The number of nitrogens with zero attached hydrogens (tertiary/aromatic N) is 2. The Kier molecular flexibility index (Phi) is 6.15. The molecule has 0 saturated heterocycles. The molecule has 1 aromatic carbocycles. The van der Waals surface area contributed by atoms with Crippen LogP contribution in [-0.4, -0.2) is 37.0 Å². The van der Waals surface area contributed by atoms with E-state index in [0.29, 0.717) is 18.5 Å². The van der Waals surface area contributed by atoms with E-state index < -0.39 is 10.0 Å². The molecule has 0 spiro atoms. The van der Waals surface area contributed by atoms with Crippen LogP contribution in [-0.2, 0) is 10.0 Å². The van der Waals surface area contributed by atoms with Crippen LogP contribution in [0.3, 0.4) is 0 Å². The quantitative estimate of drug-likeness (QED) is 0.738. The molecule has 0 aliphatic carbocycles. The summed E-state index contributed by atoms with van der Waals surface area (Å²) >= 11 is 0. The van der Waals surface area contributed by atoms with Gasteiger partial charge in [-0.2, -0.15) is 9.57 Å². The van der Waals surface area contributed by atoms with Gasteiger partial charge in [0.15, 0.2) is 0 Å². The molecule has 21 heavy (non-hydrogen) atoms. The van der Waals surface area contributed by atoms with Crippen molar-refractivity contribution in [2.24, 2.45) is 0 Å². The number of nitriles is 1. The number of hydrogen-bond donors (Lipinski definition) is 2. The van der Waals surface area contributed by atoms with Gasteiger partial charge < -0.3 is 10.8 Å². The van der Waals surface area contributed by atoms with E-state index in [1.165, 1.54) is 22.5 Å². The van der Waals surface area contributed by atoms with Crippen LogP contribution in [0.4, 0.5) is 5.69 Å². The molecule has 7 heteroatoms. The van der Waals surface area contributed by atoms with E-state index in [4.69, 9.17) is 16.1 Å². The molecule has 0 radical (unpaired) electrons. The monoisotopic (exact) mass is 311 g/mol. The molecule has 0 aromatic heterocycles. The first-order valence-corrected chi connectivity index (χ1v) is 8.28. The number of aliphatic hydroxyl groups is 1. The molecule has 1 rings (SSSR count). The Bertz CT molecular complexity index is 619. The van der Waals surface area contributed by atoms with Crippen molar-refractivity contribution in [1.82, 2.24) is 4.31 Å². The highest BCUT2D eigenvalue weighted by atomic mass is 32.2. The average Bonchev–Trinajstić information content (AvgIpc) is 2.47. The number of sulfonamides is 1. The Morgan fingerprint density at radius 3 is 2.48 bits per heavy atom. The lowest BCUT2D eigenvalue weighted by Gasteiger charge is -2.29. The molecular formula is C14H21N3O3S. The Labute approximate surface area is 125 Å². The lowest BCUT2D eigenvalue weighted by Crippen LogP contribution is -2.41. The molecule has 6 nitrogen and oxygen atoms in total. The highest BCUT2D eigenvalue weighted by Crippen LogP contribution is 2.25. The summed E-state index contributed by atoms with van der Waals surface area (Å²) in [6, 6.07) is 5.79. The summed E-state index contributed by atoms with van der Waals surface area (Å²) in [5.74, 6) is 0. The van der Waals surface area contributed by atoms with Crippen molar-refractivity contribution in [2.45, 2.75) is 37.6 Å². The van der Waals surface area contributed by atoms with Crippen LogP contribution in [0, 0.1) is 11.3 Å². The van der Waals surface area contributed by atoms with Gasteiger partial charge in [-0.1, -0.05) is 13.8 Å². The van der Waals surface area contributed by atoms with E-state index >= 15 is 0 Å². The number of anilines is 1. The standard InChI is InChI=1S/C14H21N3O3S/c1-3-13(4-2)17(7-8-18)21(19,20)14-6-5-12(16)9-11(14)10-15/h5-6,9,13,18H,3-4,7-8,16H2,1-2H3. The first kappa shape index (κ1) is 17.4. The van der Waals surface area contributed by atoms with Crippen molar-refractivity contribution in [3.05, 3.63) is 23.8 Å². The third-order valence-electron chi connectivity index (χ3n) is 3.38. The molecule has 1 aromatic rings. The minimum absolute atomic E-state index is 0.00389. The Morgan fingerprint density at radius 1 is 1.38 bits per heavy atom. The van der Waals surface area contributed by atoms with Crippen LogP contribution in [0.2, 0.25) is 0 Å². The smallest absolute Gasteiger partial charge is 0.244 e. The zero-order valence-electron chi connectivity index (χ0n) is 12.3. The van der Waals surface area contributed by atoms with Crippen LogP contribution in [0.1, 0.15) is 32.3 Å². The maximum atomic E-state index is 12.8. The van der Waals surface area contributed by atoms with Crippen LogP contribution in [0.25, 0.3) is 0 Å². The molecule has 116 valence electrons. The van der Waals surface area contributed by atoms with Gasteiger partial charge in [-0.3, -0.25) is 0 Å². The maximum absolute atomic E-state index is 12.8. The molecule has 0 aliphatic heterocycles. The van der Waals surface area contributed by atoms with E-state index in [1.54, 1.807) is 0 Å². The van der Waals surface area contributed by atoms with Crippen molar-refractivity contribution in [3.8, 4) is 6.07 Å². The number of aliphatic hydroxyl groups excluding tert-OH is 1. The van der Waals surface area contributed by atoms with Crippen LogP contribution >= 0.6 is 0 Å². The van der Waals surface area contributed by atoms with Crippen molar-refractivity contribution in [3.63, 3.8) is 0 Å². The molecular weight excluding hydrogens is 290 g/mol. The highest BCUT2D eigenvalue weighted by Gasteiger charge is 2.31. The minimum Gasteiger partial charge on any atom is -0.399 e. The second-order valence-electron chi connectivity index (χ2n) is 4.68. The minimum atomic E-state index is -3.85. The fourth-order valence-corrected chi connectivity index (χ4v) is 4.17. The Morgan fingerprint density at radius 2 is 2.00 bits per heavy atom. The first-order valence-electron chi connectivity index (χ1n) is 6.84. The molecule has 0 fully saturated rings. The summed E-state index contributed by atoms with van der Waals surface area (Å²) in [6.45, 7) is 3.51. The molecule has 0 atom stereocenters. The third kappa shape index (κ3) is 3.73. The molecule has 0 amide bonds. The molecule has 3 N–H and O–H groups in total. The molecule has 0 heterocycles. The highest BCUT2D eigenvalue weighted by molar-refractivity contribution is 7.89. The first-order chi connectivity index (χ1) is 9.92. The fourth-order valence-electron chi connectivity index (χ4n) is 2.28. The number of nitrogens with two attached hydrogens (primary N) is 1. The predicted molar refractivity (Wildman–Crippen MR) is 80.9 cm³/mol. The number of rotatable bonds is 7. The second kappa shape index (κ2) is 7.41. The summed E-state index contributed by atoms with van der Waals surface area (Å²) < 4.78 is 26.9. The molecule has 0 unspecified atom stereocenters. The van der Waals surface area contributed by atoms with Gasteiger partial charge in [-0.25, -0.2) is 8.42 Å². The molecule has 0 aliphatic rings. The van der Waals surface area contributed by atoms with Gasteiger partial charge >= 0.3 is 0 Å². The van der Waals surface area contributed by atoms with Gasteiger partial charge in [0.1, 0.15) is 11.0 Å². The van der Waals surface area contributed by atoms with Gasteiger partial charge in [-0.15, -0.1) is 0 Å². The lowest BCUT2D eigenvalue weighted by molar-refractivity contribution is 0.219. The lowest BCUT2D eigenvalue weighted by atomic mass is 10.2. The summed E-state index contributed by atoms with van der Waals surface area (Å²) in [5, 5.41) is 18.3. The third-order valence-corrected chi connectivity index (χ3v) is 5.39. The zero-order chi connectivity index (χ0) is 16.0. The van der Waals surface area contributed by atoms with Crippen LogP contribution in [0.15, 0.2) is 23.1 Å². The summed E-state index contributed by atoms with van der Waals surface area (Å²) in [5.41, 5.74) is 5.95. The number of benzene rings is 1. The maximum Gasteiger partial charge on any atom is 0.244 e. The molecule has 0 saturated carbocycles. The largest absolute Gasteiger partial charge is 0.399 e. The van der Waals surface area contributed by atoms with E-state index in [9.17, 15) is 8.42 Å². The van der Waals surface area contributed by atoms with Crippen LogP contribution in [0.5, 0.6) is 0 Å². The number of hydrogen-bond acceptors (Lipinski definition) is 5. The predicted octanol–water partition coefficient (Wildman–Crippen LogP) is 1.31. The zero-order valence-corrected chi connectivity index (χ0v) is 13.1. The second-order valence-corrected chi connectivity index (χ2v) is 6.54. The van der Waals surface area contributed by atoms with Crippen molar-refractivity contribution in [1.29, 1.82) is 5.26 Å². The topological polar surface area (TPSA) is 107 Å². The van der Waals surface area contributed by atoms with Crippen molar-refractivity contribution >= 4 is 15.7 Å². The van der Waals surface area contributed by atoms with Gasteiger partial charge in [0.2, 0.25) is 10.0 Å². The van der Waals surface area contributed by atoms with Gasteiger partial charge in [-0.05, 0) is 31.0 Å². The SMILES string of the molecule is CCC(CC)N(CCO)S(=O)(=O)c1ccc(N)cc1C#N. The van der Waals surface area contributed by atoms with Gasteiger partial charge in [0, 0.05) is 18.3 Å². The average molecular weight is 311 g/mol. The summed E-state index contributed by atoms with van der Waals surface area (Å²) in [7, 11) is -3.85. The van der Waals surface area contributed by atoms with Crippen molar-refractivity contribution < 1.29 is 13.5 Å². The van der Waals surface area contributed by atoms with E-state index in [1.807, 2.05) is 19.9 Å². The Hall–Kier alpha value is -1.62. The Balaban J connectivity index is 3.39. The van der Waals surface area contributed by atoms with Crippen LogP contribution < -0.4 is 5.73 Å². The normalized spacial score (nSPS) is 11.8.